The SMILES string of the molecule is c1cc(CNC2CCC2)cc(C2CC2)c1. The van der Waals surface area contributed by atoms with Crippen LogP contribution in [0.2, 0.25) is 0 Å². The Kier molecular flexibility index (Phi) is 2.49. The molecule has 2 aliphatic carbocycles. The second-order valence-corrected chi connectivity index (χ2v) is 5.03. The number of nitrogens with one attached hydrogen (secondary N) is 1. The van der Waals surface area contributed by atoms with E-state index in [0.717, 1.165) is 18.5 Å². The quantitative estimate of drug-likeness (QED) is 0.788. The van der Waals surface area contributed by atoms with E-state index in [9.17, 15) is 0 Å². The molecule has 0 aromatic heterocycles. The molecule has 0 heterocycles. The molecular formula is C14H19N. The predicted molar refractivity (Wildman–Crippen MR) is 62.9 cm³/mol. The molecule has 1 N–H and O–H groups in total. The molecule has 2 fully saturated rings. The number of hydrogen-bond donors (Lipinski definition) is 1. The second-order valence-electron chi connectivity index (χ2n) is 5.03. The van der Waals surface area contributed by atoms with Gasteiger partial charge >= 0.3 is 0 Å². The van der Waals surface area contributed by atoms with Crippen molar-refractivity contribution < 1.29 is 0 Å². The van der Waals surface area contributed by atoms with Crippen LogP contribution >= 0.6 is 0 Å². The minimum atomic E-state index is 0.801. The molecule has 0 spiro atoms. The molecule has 15 heavy (non-hydrogen) atoms. The lowest BCUT2D eigenvalue weighted by Gasteiger charge is -2.26. The molecule has 0 radical (unpaired) electrons. The fraction of sp³-hybridized carbons (Fsp3) is 0.571. The van der Waals surface area contributed by atoms with Crippen molar-refractivity contribution in [2.75, 3.05) is 0 Å². The molecule has 2 saturated carbocycles. The first-order valence-electron chi connectivity index (χ1n) is 6.24. The average molecular weight is 201 g/mol. The van der Waals surface area contributed by atoms with Crippen LogP contribution in [0.3, 0.4) is 0 Å². The minimum Gasteiger partial charge on any atom is -0.310 e. The normalized spacial score (nSPS) is 21.3. The van der Waals surface area contributed by atoms with Crippen molar-refractivity contribution in [3.63, 3.8) is 0 Å². The van der Waals surface area contributed by atoms with Crippen molar-refractivity contribution in [1.82, 2.24) is 5.32 Å². The second kappa shape index (κ2) is 3.97. The number of benzene rings is 1. The van der Waals surface area contributed by atoms with Gasteiger partial charge in [0, 0.05) is 12.6 Å². The molecule has 0 aliphatic heterocycles. The summed E-state index contributed by atoms with van der Waals surface area (Å²) in [4.78, 5) is 0. The first-order chi connectivity index (χ1) is 7.42. The lowest BCUT2D eigenvalue weighted by molar-refractivity contribution is 0.338. The molecule has 1 aromatic carbocycles. The monoisotopic (exact) mass is 201 g/mol. The fourth-order valence-electron chi connectivity index (χ4n) is 2.25. The molecule has 0 atom stereocenters. The molecular weight excluding hydrogens is 182 g/mol. The van der Waals surface area contributed by atoms with Crippen LogP contribution in [0.25, 0.3) is 0 Å². The van der Waals surface area contributed by atoms with E-state index >= 15 is 0 Å². The van der Waals surface area contributed by atoms with Crippen LogP contribution < -0.4 is 5.32 Å². The fourth-order valence-corrected chi connectivity index (χ4v) is 2.25. The van der Waals surface area contributed by atoms with Crippen molar-refractivity contribution in [2.24, 2.45) is 0 Å². The smallest absolute Gasteiger partial charge is 0.0208 e. The Morgan fingerprint density at radius 3 is 2.67 bits per heavy atom. The van der Waals surface area contributed by atoms with Gasteiger partial charge in [-0.15, -0.1) is 0 Å². The van der Waals surface area contributed by atoms with Crippen LogP contribution in [0.5, 0.6) is 0 Å². The Morgan fingerprint density at radius 2 is 2.00 bits per heavy atom. The molecule has 1 aromatic rings. The molecule has 0 bridgehead atoms. The van der Waals surface area contributed by atoms with Gasteiger partial charge < -0.3 is 5.32 Å². The summed E-state index contributed by atoms with van der Waals surface area (Å²) >= 11 is 0. The van der Waals surface area contributed by atoms with E-state index in [4.69, 9.17) is 0 Å². The van der Waals surface area contributed by atoms with E-state index in [-0.39, 0.29) is 0 Å². The van der Waals surface area contributed by atoms with Crippen molar-refractivity contribution >= 4 is 0 Å². The summed E-state index contributed by atoms with van der Waals surface area (Å²) in [5, 5.41) is 3.62. The van der Waals surface area contributed by atoms with E-state index in [2.05, 4.69) is 29.6 Å². The van der Waals surface area contributed by atoms with Gasteiger partial charge in [0.15, 0.2) is 0 Å². The van der Waals surface area contributed by atoms with Crippen LogP contribution in [0, 0.1) is 0 Å². The molecule has 1 nitrogen and oxygen atoms in total. The van der Waals surface area contributed by atoms with Crippen molar-refractivity contribution in [3.8, 4) is 0 Å². The van der Waals surface area contributed by atoms with E-state index < -0.39 is 0 Å². The first kappa shape index (κ1) is 9.41. The molecule has 0 saturated heterocycles. The van der Waals surface area contributed by atoms with Gasteiger partial charge in [0.1, 0.15) is 0 Å². The highest BCUT2D eigenvalue weighted by molar-refractivity contribution is 5.29. The van der Waals surface area contributed by atoms with Crippen LogP contribution in [0.1, 0.15) is 49.1 Å². The molecule has 3 rings (SSSR count). The maximum atomic E-state index is 3.62. The predicted octanol–water partition coefficient (Wildman–Crippen LogP) is 3.21. The summed E-state index contributed by atoms with van der Waals surface area (Å²) in [6, 6.07) is 9.94. The standard InChI is InChI=1S/C14H19N/c1-3-11(10-15-14-5-2-6-14)9-13(4-1)12-7-8-12/h1,3-4,9,12,14-15H,2,5-8,10H2. The summed E-state index contributed by atoms with van der Waals surface area (Å²) in [7, 11) is 0. The third kappa shape index (κ3) is 2.23. The highest BCUT2D eigenvalue weighted by Crippen LogP contribution is 2.40. The summed E-state index contributed by atoms with van der Waals surface area (Å²) in [5.41, 5.74) is 3.02. The number of rotatable bonds is 4. The summed E-state index contributed by atoms with van der Waals surface area (Å²) < 4.78 is 0. The minimum absolute atomic E-state index is 0.801. The van der Waals surface area contributed by atoms with Gasteiger partial charge in [-0.25, -0.2) is 0 Å². The van der Waals surface area contributed by atoms with Crippen LogP contribution in [-0.4, -0.2) is 6.04 Å². The Morgan fingerprint density at radius 1 is 1.13 bits per heavy atom. The topological polar surface area (TPSA) is 12.0 Å². The Balaban J connectivity index is 1.60. The van der Waals surface area contributed by atoms with Crippen molar-refractivity contribution in [3.05, 3.63) is 35.4 Å². The molecule has 2 aliphatic rings. The van der Waals surface area contributed by atoms with Crippen molar-refractivity contribution in [2.45, 2.75) is 50.6 Å². The van der Waals surface area contributed by atoms with E-state index in [1.807, 2.05) is 0 Å². The summed E-state index contributed by atoms with van der Waals surface area (Å²) in [6.07, 6.45) is 6.98. The highest BCUT2D eigenvalue weighted by Gasteiger charge is 2.23. The van der Waals surface area contributed by atoms with Gasteiger partial charge in [-0.3, -0.25) is 0 Å². The summed E-state index contributed by atoms with van der Waals surface area (Å²) in [6.45, 7) is 1.06. The Bertz CT molecular complexity index is 337. The third-order valence-corrected chi connectivity index (χ3v) is 3.70. The van der Waals surface area contributed by atoms with Gasteiger partial charge in [-0.2, -0.15) is 0 Å². The average Bonchev–Trinajstić information content (AvgIpc) is 2.99. The number of hydrogen-bond acceptors (Lipinski definition) is 1. The van der Waals surface area contributed by atoms with Crippen molar-refractivity contribution in [1.29, 1.82) is 0 Å². The largest absolute Gasteiger partial charge is 0.310 e. The summed E-state index contributed by atoms with van der Waals surface area (Å²) in [5.74, 6) is 0.883. The van der Waals surface area contributed by atoms with E-state index in [1.54, 1.807) is 5.56 Å². The highest BCUT2D eigenvalue weighted by atomic mass is 14.9. The van der Waals surface area contributed by atoms with Crippen LogP contribution in [0.15, 0.2) is 24.3 Å². The molecule has 0 amide bonds. The molecule has 0 unspecified atom stereocenters. The maximum absolute atomic E-state index is 3.62. The van der Waals surface area contributed by atoms with Crippen LogP contribution in [-0.2, 0) is 6.54 Å². The van der Waals surface area contributed by atoms with Gasteiger partial charge in [-0.05, 0) is 42.7 Å². The Hall–Kier alpha value is -0.820. The Labute approximate surface area is 91.9 Å². The van der Waals surface area contributed by atoms with Gasteiger partial charge in [0.2, 0.25) is 0 Å². The van der Waals surface area contributed by atoms with Gasteiger partial charge in [0.05, 0.1) is 0 Å². The third-order valence-electron chi connectivity index (χ3n) is 3.70. The zero-order chi connectivity index (χ0) is 10.1. The van der Waals surface area contributed by atoms with Crippen LogP contribution in [0.4, 0.5) is 0 Å². The van der Waals surface area contributed by atoms with Gasteiger partial charge in [-0.1, -0.05) is 30.7 Å². The first-order valence-corrected chi connectivity index (χ1v) is 6.24. The molecule has 1 heteroatoms. The lowest BCUT2D eigenvalue weighted by Crippen LogP contribution is -2.34. The van der Waals surface area contributed by atoms with E-state index in [1.165, 1.54) is 37.7 Å². The molecule has 80 valence electrons. The van der Waals surface area contributed by atoms with E-state index in [0.29, 0.717) is 0 Å². The lowest BCUT2D eigenvalue weighted by atomic mass is 9.93. The zero-order valence-electron chi connectivity index (χ0n) is 9.21. The zero-order valence-corrected chi connectivity index (χ0v) is 9.21. The maximum Gasteiger partial charge on any atom is 0.0208 e. The van der Waals surface area contributed by atoms with Gasteiger partial charge in [0.25, 0.3) is 0 Å².